The molecule has 1 atom stereocenters. The first-order chi connectivity index (χ1) is 8.35. The van der Waals surface area contributed by atoms with E-state index in [-0.39, 0.29) is 12.5 Å². The van der Waals surface area contributed by atoms with E-state index >= 15 is 0 Å². The molecule has 1 aliphatic rings. The summed E-state index contributed by atoms with van der Waals surface area (Å²) in [6.07, 6.45) is 5.34. The molecule has 0 aliphatic heterocycles. The zero-order valence-electron chi connectivity index (χ0n) is 12.0. The Hall–Kier alpha value is -0.610. The van der Waals surface area contributed by atoms with Crippen LogP contribution in [0.15, 0.2) is 0 Å². The van der Waals surface area contributed by atoms with Crippen molar-refractivity contribution >= 4 is 5.91 Å². The first-order valence-electron chi connectivity index (χ1n) is 7.07. The van der Waals surface area contributed by atoms with Crippen LogP contribution in [0.4, 0.5) is 0 Å². The Balaban J connectivity index is 2.66. The zero-order valence-corrected chi connectivity index (χ0v) is 12.0. The monoisotopic (exact) mass is 256 g/mol. The molecule has 1 unspecified atom stereocenters. The fourth-order valence-electron chi connectivity index (χ4n) is 2.65. The molecule has 0 aromatic heterocycles. The highest BCUT2D eigenvalue weighted by Gasteiger charge is 2.38. The molecule has 0 bridgehead atoms. The van der Waals surface area contributed by atoms with Gasteiger partial charge >= 0.3 is 0 Å². The minimum absolute atomic E-state index is 0.00760. The molecule has 1 aliphatic carbocycles. The molecule has 1 rings (SSSR count). The van der Waals surface area contributed by atoms with Crippen LogP contribution in [0.25, 0.3) is 0 Å². The van der Waals surface area contributed by atoms with Crippen molar-refractivity contribution in [1.29, 1.82) is 0 Å². The van der Waals surface area contributed by atoms with E-state index < -0.39 is 11.1 Å². The lowest BCUT2D eigenvalue weighted by atomic mass is 9.77. The van der Waals surface area contributed by atoms with E-state index in [4.69, 9.17) is 5.73 Å². The molecular formula is C14H28N2O2. The van der Waals surface area contributed by atoms with Crippen molar-refractivity contribution in [3.8, 4) is 0 Å². The summed E-state index contributed by atoms with van der Waals surface area (Å²) in [5, 5.41) is 12.6. The van der Waals surface area contributed by atoms with Gasteiger partial charge < -0.3 is 16.2 Å². The van der Waals surface area contributed by atoms with Gasteiger partial charge in [0.2, 0.25) is 5.91 Å². The van der Waals surface area contributed by atoms with Gasteiger partial charge in [-0.1, -0.05) is 20.3 Å². The number of carbonyl (C=O) groups excluding carboxylic acids is 1. The minimum Gasteiger partial charge on any atom is -0.394 e. The number of aliphatic hydroxyl groups excluding tert-OH is 1. The van der Waals surface area contributed by atoms with Crippen LogP contribution in [0.2, 0.25) is 0 Å². The van der Waals surface area contributed by atoms with Gasteiger partial charge in [0.15, 0.2) is 0 Å². The molecule has 18 heavy (non-hydrogen) atoms. The number of rotatable bonds is 5. The Kier molecular flexibility index (Phi) is 5.17. The minimum atomic E-state index is -0.833. The van der Waals surface area contributed by atoms with Crippen molar-refractivity contribution < 1.29 is 9.90 Å². The van der Waals surface area contributed by atoms with Gasteiger partial charge in [0.1, 0.15) is 0 Å². The summed E-state index contributed by atoms with van der Waals surface area (Å²) in [7, 11) is 0. The Labute approximate surface area is 110 Å². The number of hydrogen-bond acceptors (Lipinski definition) is 3. The van der Waals surface area contributed by atoms with Crippen molar-refractivity contribution in [2.24, 2.45) is 11.7 Å². The fraction of sp³-hybridized carbons (Fsp3) is 0.929. The first-order valence-corrected chi connectivity index (χ1v) is 7.07. The number of amides is 1. The molecule has 0 radical (unpaired) electrons. The molecule has 4 nitrogen and oxygen atoms in total. The van der Waals surface area contributed by atoms with Crippen LogP contribution in [0.1, 0.15) is 59.3 Å². The van der Waals surface area contributed by atoms with Crippen LogP contribution < -0.4 is 11.1 Å². The Bertz CT molecular complexity index is 282. The maximum absolute atomic E-state index is 12.2. The molecule has 1 saturated carbocycles. The molecule has 4 N–H and O–H groups in total. The van der Waals surface area contributed by atoms with Crippen LogP contribution in [-0.4, -0.2) is 28.7 Å². The van der Waals surface area contributed by atoms with Crippen molar-refractivity contribution in [1.82, 2.24) is 5.32 Å². The predicted octanol–water partition coefficient (Wildman–Crippen LogP) is 1.56. The summed E-state index contributed by atoms with van der Waals surface area (Å²) in [5.74, 6) is 0.550. The van der Waals surface area contributed by atoms with Gasteiger partial charge in [-0.2, -0.15) is 0 Å². The number of hydrogen-bond donors (Lipinski definition) is 3. The smallest absolute Gasteiger partial charge is 0.240 e. The zero-order chi connectivity index (χ0) is 13.8. The number of aliphatic hydroxyl groups is 1. The highest BCUT2D eigenvalue weighted by Crippen LogP contribution is 2.32. The Morgan fingerprint density at radius 3 is 2.50 bits per heavy atom. The summed E-state index contributed by atoms with van der Waals surface area (Å²) in [4.78, 5) is 12.2. The standard InChI is InChI=1S/C14H28N2O2/c1-4-7-13(3,15)12(18)16-14(10-17)8-5-11(2)6-9-14/h11,17H,4-10,15H2,1-3H3,(H,16,18). The average molecular weight is 256 g/mol. The van der Waals surface area contributed by atoms with E-state index in [0.29, 0.717) is 12.3 Å². The highest BCUT2D eigenvalue weighted by atomic mass is 16.3. The molecule has 0 spiro atoms. The lowest BCUT2D eigenvalue weighted by Crippen LogP contribution is -2.61. The van der Waals surface area contributed by atoms with Gasteiger partial charge in [0, 0.05) is 0 Å². The van der Waals surface area contributed by atoms with E-state index in [1.807, 2.05) is 6.92 Å². The Morgan fingerprint density at radius 2 is 2.06 bits per heavy atom. The molecule has 1 amide bonds. The van der Waals surface area contributed by atoms with Crippen molar-refractivity contribution in [2.75, 3.05) is 6.61 Å². The van der Waals surface area contributed by atoms with Crippen LogP contribution >= 0.6 is 0 Å². The second-order valence-corrected chi connectivity index (χ2v) is 6.24. The third-order valence-electron chi connectivity index (χ3n) is 4.20. The summed E-state index contributed by atoms with van der Waals surface area (Å²) in [6, 6.07) is 0. The van der Waals surface area contributed by atoms with Gasteiger partial charge in [0.25, 0.3) is 0 Å². The Morgan fingerprint density at radius 1 is 1.50 bits per heavy atom. The normalized spacial score (nSPS) is 31.7. The second-order valence-electron chi connectivity index (χ2n) is 6.24. The van der Waals surface area contributed by atoms with Crippen molar-refractivity contribution in [3.63, 3.8) is 0 Å². The van der Waals surface area contributed by atoms with E-state index in [2.05, 4.69) is 12.2 Å². The molecule has 0 aromatic rings. The molecule has 0 aromatic carbocycles. The van der Waals surface area contributed by atoms with Gasteiger partial charge in [-0.15, -0.1) is 0 Å². The quantitative estimate of drug-likeness (QED) is 0.699. The van der Waals surface area contributed by atoms with Crippen molar-refractivity contribution in [3.05, 3.63) is 0 Å². The largest absolute Gasteiger partial charge is 0.394 e. The van der Waals surface area contributed by atoms with Crippen molar-refractivity contribution in [2.45, 2.75) is 70.4 Å². The van der Waals surface area contributed by atoms with Crippen LogP contribution in [0.3, 0.4) is 0 Å². The molecule has 4 heteroatoms. The van der Waals surface area contributed by atoms with Crippen LogP contribution in [-0.2, 0) is 4.79 Å². The second kappa shape index (κ2) is 6.02. The number of carbonyl (C=O) groups is 1. The lowest BCUT2D eigenvalue weighted by Gasteiger charge is -2.40. The van der Waals surface area contributed by atoms with Gasteiger partial charge in [-0.25, -0.2) is 0 Å². The first kappa shape index (κ1) is 15.4. The summed E-state index contributed by atoms with van der Waals surface area (Å²) < 4.78 is 0. The average Bonchev–Trinajstić information content (AvgIpc) is 2.32. The SMILES string of the molecule is CCCC(C)(N)C(=O)NC1(CO)CCC(C)CC1. The molecule has 0 heterocycles. The summed E-state index contributed by atoms with van der Waals surface area (Å²) in [6.45, 7) is 6.01. The molecule has 106 valence electrons. The third kappa shape index (κ3) is 3.69. The van der Waals surface area contributed by atoms with E-state index in [9.17, 15) is 9.90 Å². The number of nitrogens with two attached hydrogens (primary N) is 1. The third-order valence-corrected chi connectivity index (χ3v) is 4.20. The summed E-state index contributed by atoms with van der Waals surface area (Å²) in [5.41, 5.74) is 4.76. The lowest BCUT2D eigenvalue weighted by molar-refractivity contribution is -0.129. The highest BCUT2D eigenvalue weighted by molar-refractivity contribution is 5.86. The predicted molar refractivity (Wildman–Crippen MR) is 73.1 cm³/mol. The van der Waals surface area contributed by atoms with Crippen LogP contribution in [0.5, 0.6) is 0 Å². The maximum Gasteiger partial charge on any atom is 0.240 e. The van der Waals surface area contributed by atoms with Gasteiger partial charge in [-0.3, -0.25) is 4.79 Å². The molecule has 0 saturated heterocycles. The van der Waals surface area contributed by atoms with Crippen LogP contribution in [0, 0.1) is 5.92 Å². The summed E-state index contributed by atoms with van der Waals surface area (Å²) >= 11 is 0. The molecular weight excluding hydrogens is 228 g/mol. The molecule has 1 fully saturated rings. The number of nitrogens with one attached hydrogen (secondary N) is 1. The topological polar surface area (TPSA) is 75.4 Å². The van der Waals surface area contributed by atoms with Gasteiger partial charge in [0.05, 0.1) is 17.7 Å². The van der Waals surface area contributed by atoms with E-state index in [1.165, 1.54) is 0 Å². The fourth-order valence-corrected chi connectivity index (χ4v) is 2.65. The van der Waals surface area contributed by atoms with E-state index in [0.717, 1.165) is 32.1 Å². The van der Waals surface area contributed by atoms with Gasteiger partial charge in [-0.05, 0) is 44.9 Å². The van der Waals surface area contributed by atoms with E-state index in [1.54, 1.807) is 6.92 Å². The maximum atomic E-state index is 12.2.